The zero-order valence-corrected chi connectivity index (χ0v) is 22.7. The van der Waals surface area contributed by atoms with Crippen LogP contribution in [0.1, 0.15) is 75.7 Å². The quantitative estimate of drug-likeness (QED) is 0.428. The predicted octanol–water partition coefficient (Wildman–Crippen LogP) is 3.39. The van der Waals surface area contributed by atoms with Crippen LogP contribution < -0.4 is 0 Å². The van der Waals surface area contributed by atoms with E-state index in [2.05, 4.69) is 0 Å². The van der Waals surface area contributed by atoms with E-state index < -0.39 is 58.7 Å². The summed E-state index contributed by atoms with van der Waals surface area (Å²) in [6, 6.07) is -0.249. The van der Waals surface area contributed by atoms with Crippen molar-refractivity contribution in [2.45, 2.75) is 106 Å². The molecule has 0 spiro atoms. The van der Waals surface area contributed by atoms with E-state index >= 15 is 0 Å². The van der Waals surface area contributed by atoms with E-state index in [1.807, 2.05) is 6.92 Å². The average molecular weight is 496 g/mol. The summed E-state index contributed by atoms with van der Waals surface area (Å²) in [5.74, 6) is -1.59. The molecule has 0 saturated carbocycles. The Morgan fingerprint density at radius 3 is 1.74 bits per heavy atom. The van der Waals surface area contributed by atoms with Crippen LogP contribution >= 0.6 is 0 Å². The van der Waals surface area contributed by atoms with Crippen LogP contribution in [0.4, 0.5) is 0 Å². The second-order valence-electron chi connectivity index (χ2n) is 12.4. The first-order valence-corrected chi connectivity index (χ1v) is 12.1. The van der Waals surface area contributed by atoms with E-state index in [1.54, 1.807) is 73.4 Å². The van der Waals surface area contributed by atoms with Gasteiger partial charge in [0.2, 0.25) is 0 Å². The highest BCUT2D eigenvalue weighted by Crippen LogP contribution is 2.33. The number of ketones is 1. The first-order valence-electron chi connectivity index (χ1n) is 12.1. The third-order valence-corrected chi connectivity index (χ3v) is 5.72. The lowest BCUT2D eigenvalue weighted by Crippen LogP contribution is -2.64. The minimum Gasteiger partial charge on any atom is -0.455 e. The van der Waals surface area contributed by atoms with Gasteiger partial charge in [0.1, 0.15) is 0 Å². The van der Waals surface area contributed by atoms with Crippen molar-refractivity contribution in [3.63, 3.8) is 0 Å². The molecule has 0 aromatic rings. The maximum absolute atomic E-state index is 13.0. The Kier molecular flexibility index (Phi) is 8.47. The molecule has 0 aliphatic carbocycles. The van der Waals surface area contributed by atoms with E-state index in [0.717, 1.165) is 0 Å². The van der Waals surface area contributed by atoms with Gasteiger partial charge < -0.3 is 23.8 Å². The van der Waals surface area contributed by atoms with Gasteiger partial charge in [0.15, 0.2) is 30.3 Å². The topological polar surface area (TPSA) is 108 Å². The molecule has 0 bridgehead atoms. The van der Waals surface area contributed by atoms with E-state index in [0.29, 0.717) is 0 Å². The van der Waals surface area contributed by atoms with Gasteiger partial charge >= 0.3 is 17.9 Å². The Morgan fingerprint density at radius 1 is 0.829 bits per heavy atom. The fourth-order valence-corrected chi connectivity index (χ4v) is 3.41. The molecule has 2 rings (SSSR count). The lowest BCUT2D eigenvalue weighted by atomic mass is 9.94. The Hall–Kier alpha value is -2.42. The Bertz CT molecular complexity index is 858. The molecule has 2 aliphatic heterocycles. The van der Waals surface area contributed by atoms with Gasteiger partial charge in [-0.15, -0.1) is 0 Å². The molecule has 0 aromatic heterocycles. The normalized spacial score (nSPS) is 27.9. The monoisotopic (exact) mass is 495 g/mol. The van der Waals surface area contributed by atoms with Crippen LogP contribution in [0, 0.1) is 16.2 Å². The molecule has 2 heterocycles. The lowest BCUT2D eigenvalue weighted by Gasteiger charge is -2.47. The lowest BCUT2D eigenvalue weighted by molar-refractivity contribution is -0.255. The van der Waals surface area contributed by atoms with Crippen molar-refractivity contribution in [3.05, 3.63) is 12.3 Å². The van der Waals surface area contributed by atoms with Gasteiger partial charge in [-0.25, -0.2) is 0 Å². The van der Waals surface area contributed by atoms with Crippen LogP contribution in [-0.4, -0.2) is 65.8 Å². The van der Waals surface area contributed by atoms with E-state index in [9.17, 15) is 19.2 Å². The summed E-state index contributed by atoms with van der Waals surface area (Å²) < 4.78 is 23.6. The number of esters is 3. The van der Waals surface area contributed by atoms with Crippen molar-refractivity contribution in [1.82, 2.24) is 4.90 Å². The summed E-state index contributed by atoms with van der Waals surface area (Å²) in [6.45, 7) is 17.2. The summed E-state index contributed by atoms with van der Waals surface area (Å²) in [4.78, 5) is 52.4. The Balaban J connectivity index is 2.52. The number of rotatable bonds is 4. The smallest absolute Gasteiger partial charge is 0.311 e. The summed E-state index contributed by atoms with van der Waals surface area (Å²) in [6.07, 6.45) is -0.783. The third kappa shape index (κ3) is 7.29. The fraction of sp³-hybridized carbons (Fsp3) is 0.769. The first-order chi connectivity index (χ1) is 15.8. The van der Waals surface area contributed by atoms with Crippen LogP contribution in [0.3, 0.4) is 0 Å². The summed E-state index contributed by atoms with van der Waals surface area (Å²) in [5.41, 5.74) is -2.51. The molecule has 0 amide bonds. The maximum Gasteiger partial charge on any atom is 0.311 e. The molecule has 35 heavy (non-hydrogen) atoms. The van der Waals surface area contributed by atoms with Gasteiger partial charge in [-0.2, -0.15) is 0 Å². The second-order valence-corrected chi connectivity index (χ2v) is 12.4. The first kappa shape index (κ1) is 28.8. The number of allylic oxidation sites excluding steroid dienone is 1. The van der Waals surface area contributed by atoms with Gasteiger partial charge in [-0.3, -0.25) is 19.2 Å². The van der Waals surface area contributed by atoms with Crippen LogP contribution in [0.2, 0.25) is 0 Å². The molecule has 0 N–H and O–H groups in total. The molecular weight excluding hydrogens is 454 g/mol. The van der Waals surface area contributed by atoms with Gasteiger partial charge in [0, 0.05) is 18.7 Å². The fourth-order valence-electron chi connectivity index (χ4n) is 3.41. The van der Waals surface area contributed by atoms with Crippen molar-refractivity contribution >= 4 is 23.7 Å². The Labute approximate surface area is 208 Å². The van der Waals surface area contributed by atoms with E-state index in [4.69, 9.17) is 18.9 Å². The maximum atomic E-state index is 13.0. The zero-order chi connectivity index (χ0) is 26.9. The molecule has 0 unspecified atom stereocenters. The highest BCUT2D eigenvalue weighted by atomic mass is 16.6. The number of ether oxygens (including phenoxy) is 4. The van der Waals surface area contributed by atoms with Crippen LogP contribution in [0.25, 0.3) is 0 Å². The Morgan fingerprint density at radius 2 is 1.29 bits per heavy atom. The molecule has 5 atom stereocenters. The van der Waals surface area contributed by atoms with Crippen molar-refractivity contribution in [2.24, 2.45) is 16.2 Å². The minimum atomic E-state index is -1.11. The van der Waals surface area contributed by atoms with Crippen molar-refractivity contribution in [1.29, 1.82) is 0 Å². The molecule has 1 saturated heterocycles. The van der Waals surface area contributed by atoms with Gasteiger partial charge in [0.25, 0.3) is 0 Å². The van der Waals surface area contributed by atoms with Crippen molar-refractivity contribution in [3.8, 4) is 0 Å². The molecule has 198 valence electrons. The summed E-state index contributed by atoms with van der Waals surface area (Å²) in [5, 5.41) is 0. The van der Waals surface area contributed by atoms with Crippen LogP contribution in [0.5, 0.6) is 0 Å². The molecule has 1 fully saturated rings. The molecular formula is C26H41NO8. The largest absolute Gasteiger partial charge is 0.455 e. The molecule has 9 heteroatoms. The van der Waals surface area contributed by atoms with Gasteiger partial charge in [-0.05, 0) is 75.3 Å². The number of hydrogen-bond donors (Lipinski definition) is 0. The number of carbonyl (C=O) groups excluding carboxylic acids is 4. The van der Waals surface area contributed by atoms with E-state index in [-0.39, 0.29) is 24.9 Å². The standard InChI is InChI=1S/C26H41NO8/c1-15-13-16(28)11-12-27(15)20-19(35-23(31)26(8,9)10)18(34-22(30)25(5,6)7)17(14-32-20)33-21(29)24(2,3)4/h11-12,15,17-20H,13-14H2,1-10H3/t15-,17+,18+,19-,20-/m0/s1. The third-order valence-electron chi connectivity index (χ3n) is 5.72. The van der Waals surface area contributed by atoms with Gasteiger partial charge in [-0.1, -0.05) is 0 Å². The number of nitrogens with zero attached hydrogens (tertiary/aromatic N) is 1. The predicted molar refractivity (Wildman–Crippen MR) is 128 cm³/mol. The SMILES string of the molecule is C[C@H]1CC(=O)C=CN1[C@H]1OC[C@@H](OC(=O)C(C)(C)C)[C@@H](OC(=O)C(C)(C)C)[C@@H]1OC(=O)C(C)(C)C. The molecule has 9 nitrogen and oxygen atoms in total. The number of hydrogen-bond acceptors (Lipinski definition) is 9. The van der Waals surface area contributed by atoms with Gasteiger partial charge in [0.05, 0.1) is 22.9 Å². The highest BCUT2D eigenvalue weighted by molar-refractivity contribution is 5.90. The van der Waals surface area contributed by atoms with E-state index in [1.165, 1.54) is 6.08 Å². The second kappa shape index (κ2) is 10.3. The van der Waals surface area contributed by atoms with Crippen molar-refractivity contribution < 1.29 is 38.1 Å². The summed E-state index contributed by atoms with van der Waals surface area (Å²) in [7, 11) is 0. The van der Waals surface area contributed by atoms with Crippen LogP contribution in [0.15, 0.2) is 12.3 Å². The minimum absolute atomic E-state index is 0.0273. The highest BCUT2D eigenvalue weighted by Gasteiger charge is 2.52. The summed E-state index contributed by atoms with van der Waals surface area (Å²) >= 11 is 0. The zero-order valence-electron chi connectivity index (χ0n) is 22.7. The molecule has 0 aromatic carbocycles. The van der Waals surface area contributed by atoms with Crippen molar-refractivity contribution in [2.75, 3.05) is 6.61 Å². The van der Waals surface area contributed by atoms with Crippen LogP contribution in [-0.2, 0) is 38.1 Å². The molecule has 0 radical (unpaired) electrons. The average Bonchev–Trinajstić information content (AvgIpc) is 2.68. The number of carbonyl (C=O) groups is 4. The molecule has 2 aliphatic rings.